The zero-order valence-corrected chi connectivity index (χ0v) is 12.9. The van der Waals surface area contributed by atoms with Crippen molar-refractivity contribution in [3.8, 4) is 0 Å². The Bertz CT molecular complexity index is 353. The molecule has 1 heterocycles. The van der Waals surface area contributed by atoms with Gasteiger partial charge in [-0.1, -0.05) is 32.1 Å². The molecule has 0 spiro atoms. The maximum atomic E-state index is 9.96. The molecule has 108 valence electrons. The Kier molecular flexibility index (Phi) is 6.36. The van der Waals surface area contributed by atoms with Gasteiger partial charge in [-0.3, -0.25) is 0 Å². The SMILES string of the molecule is CC/C=C/C(=C/C=C(\C)N1CCC(C)(O)CC1)CC. The number of likely N-dealkylation sites (tertiary alicyclic amines) is 1. The highest BCUT2D eigenvalue weighted by Crippen LogP contribution is 2.23. The Balaban J connectivity index is 2.61. The molecule has 0 bridgehead atoms. The second kappa shape index (κ2) is 7.54. The van der Waals surface area contributed by atoms with Gasteiger partial charge in [0.1, 0.15) is 0 Å². The average molecular weight is 263 g/mol. The van der Waals surface area contributed by atoms with Gasteiger partial charge in [-0.15, -0.1) is 0 Å². The van der Waals surface area contributed by atoms with Crippen LogP contribution in [0.25, 0.3) is 0 Å². The molecule has 0 aliphatic carbocycles. The van der Waals surface area contributed by atoms with Crippen LogP contribution < -0.4 is 0 Å². The van der Waals surface area contributed by atoms with Gasteiger partial charge in [0.25, 0.3) is 0 Å². The lowest BCUT2D eigenvalue weighted by Crippen LogP contribution is -2.41. The summed E-state index contributed by atoms with van der Waals surface area (Å²) in [6.07, 6.45) is 12.7. The Morgan fingerprint density at radius 3 is 2.37 bits per heavy atom. The van der Waals surface area contributed by atoms with Crippen LogP contribution >= 0.6 is 0 Å². The summed E-state index contributed by atoms with van der Waals surface area (Å²) >= 11 is 0. The fraction of sp³-hybridized carbons (Fsp3) is 0.647. The number of aliphatic hydroxyl groups is 1. The standard InChI is InChI=1S/C17H29NO/c1-5-7-8-16(6-2)10-9-15(3)18-13-11-17(4,19)12-14-18/h7-10,19H,5-6,11-14H2,1-4H3/b8-7+,15-9+,16-10+. The highest BCUT2D eigenvalue weighted by molar-refractivity contribution is 5.25. The summed E-state index contributed by atoms with van der Waals surface area (Å²) in [5.74, 6) is 0. The van der Waals surface area contributed by atoms with Crippen molar-refractivity contribution < 1.29 is 5.11 Å². The van der Waals surface area contributed by atoms with Gasteiger partial charge in [-0.25, -0.2) is 0 Å². The minimum absolute atomic E-state index is 0.467. The highest BCUT2D eigenvalue weighted by atomic mass is 16.3. The maximum Gasteiger partial charge on any atom is 0.0653 e. The van der Waals surface area contributed by atoms with Gasteiger partial charge >= 0.3 is 0 Å². The monoisotopic (exact) mass is 263 g/mol. The van der Waals surface area contributed by atoms with Crippen LogP contribution in [0.5, 0.6) is 0 Å². The van der Waals surface area contributed by atoms with Crippen LogP contribution in [-0.2, 0) is 0 Å². The quantitative estimate of drug-likeness (QED) is 0.757. The van der Waals surface area contributed by atoms with Crippen molar-refractivity contribution in [2.75, 3.05) is 13.1 Å². The molecule has 0 aromatic rings. The maximum absolute atomic E-state index is 9.96. The smallest absolute Gasteiger partial charge is 0.0653 e. The van der Waals surface area contributed by atoms with Crippen LogP contribution in [0, 0.1) is 0 Å². The molecule has 0 radical (unpaired) electrons. The molecule has 1 aliphatic heterocycles. The second-order valence-corrected chi connectivity index (χ2v) is 5.70. The minimum atomic E-state index is -0.467. The van der Waals surface area contributed by atoms with E-state index in [0.717, 1.165) is 38.8 Å². The van der Waals surface area contributed by atoms with Crippen LogP contribution in [0.4, 0.5) is 0 Å². The molecule has 19 heavy (non-hydrogen) atoms. The van der Waals surface area contributed by atoms with Crippen LogP contribution in [0.1, 0.15) is 53.4 Å². The fourth-order valence-corrected chi connectivity index (χ4v) is 2.23. The van der Waals surface area contributed by atoms with Gasteiger partial charge in [-0.2, -0.15) is 0 Å². The van der Waals surface area contributed by atoms with E-state index < -0.39 is 5.60 Å². The number of piperidine rings is 1. The lowest BCUT2D eigenvalue weighted by molar-refractivity contribution is 0.00291. The number of hydrogen-bond donors (Lipinski definition) is 1. The zero-order chi connectivity index (χ0) is 14.3. The van der Waals surface area contributed by atoms with E-state index in [4.69, 9.17) is 0 Å². The van der Waals surface area contributed by atoms with E-state index in [9.17, 15) is 5.11 Å². The van der Waals surface area contributed by atoms with Gasteiger partial charge in [-0.05, 0) is 51.2 Å². The summed E-state index contributed by atoms with van der Waals surface area (Å²) in [5.41, 5.74) is 2.20. The summed E-state index contributed by atoms with van der Waals surface area (Å²) < 4.78 is 0. The molecule has 0 aromatic heterocycles. The molecule has 0 saturated carbocycles. The molecule has 0 atom stereocenters. The predicted octanol–water partition coefficient (Wildman–Crippen LogP) is 4.04. The molecule has 0 unspecified atom stereocenters. The van der Waals surface area contributed by atoms with Crippen molar-refractivity contribution in [2.45, 2.75) is 59.0 Å². The summed E-state index contributed by atoms with van der Waals surface area (Å²) in [6.45, 7) is 10.4. The molecular weight excluding hydrogens is 234 g/mol. The molecule has 2 nitrogen and oxygen atoms in total. The summed E-state index contributed by atoms with van der Waals surface area (Å²) in [6, 6.07) is 0. The van der Waals surface area contributed by atoms with Crippen molar-refractivity contribution >= 4 is 0 Å². The van der Waals surface area contributed by atoms with Crippen molar-refractivity contribution in [3.05, 3.63) is 35.6 Å². The van der Waals surface area contributed by atoms with Gasteiger partial charge in [0.05, 0.1) is 5.60 Å². The van der Waals surface area contributed by atoms with Crippen LogP contribution in [0.3, 0.4) is 0 Å². The number of hydrogen-bond acceptors (Lipinski definition) is 2. The molecule has 1 aliphatic rings. The van der Waals surface area contributed by atoms with Crippen molar-refractivity contribution in [2.24, 2.45) is 0 Å². The zero-order valence-electron chi connectivity index (χ0n) is 12.9. The first kappa shape index (κ1) is 16.0. The molecule has 1 N–H and O–H groups in total. The first-order valence-corrected chi connectivity index (χ1v) is 7.50. The van der Waals surface area contributed by atoms with E-state index >= 15 is 0 Å². The van der Waals surface area contributed by atoms with E-state index in [2.05, 4.69) is 50.0 Å². The van der Waals surface area contributed by atoms with Crippen LogP contribution in [0.15, 0.2) is 35.6 Å². The molecule has 1 fully saturated rings. The lowest BCUT2D eigenvalue weighted by atomic mass is 9.93. The number of rotatable bonds is 5. The van der Waals surface area contributed by atoms with E-state index in [1.165, 1.54) is 11.3 Å². The van der Waals surface area contributed by atoms with E-state index in [1.807, 2.05) is 6.92 Å². The average Bonchev–Trinajstić information content (AvgIpc) is 2.38. The van der Waals surface area contributed by atoms with Crippen molar-refractivity contribution in [1.29, 1.82) is 0 Å². The van der Waals surface area contributed by atoms with Gasteiger partial charge in [0, 0.05) is 18.8 Å². The van der Waals surface area contributed by atoms with Crippen LogP contribution in [0.2, 0.25) is 0 Å². The Morgan fingerprint density at radius 2 is 1.84 bits per heavy atom. The summed E-state index contributed by atoms with van der Waals surface area (Å²) in [7, 11) is 0. The van der Waals surface area contributed by atoms with E-state index in [0.29, 0.717) is 0 Å². The Labute approximate surface area is 118 Å². The molecule has 0 amide bonds. The lowest BCUT2D eigenvalue weighted by Gasteiger charge is -2.37. The Hall–Kier alpha value is -1.02. The van der Waals surface area contributed by atoms with Crippen molar-refractivity contribution in [3.63, 3.8) is 0 Å². The van der Waals surface area contributed by atoms with Gasteiger partial charge < -0.3 is 10.0 Å². The summed E-state index contributed by atoms with van der Waals surface area (Å²) in [5, 5.41) is 9.96. The van der Waals surface area contributed by atoms with Crippen LogP contribution in [-0.4, -0.2) is 28.7 Å². The minimum Gasteiger partial charge on any atom is -0.390 e. The molecule has 1 rings (SSSR count). The van der Waals surface area contributed by atoms with Gasteiger partial charge in [0.15, 0.2) is 0 Å². The Morgan fingerprint density at radius 1 is 1.21 bits per heavy atom. The molecule has 0 aromatic carbocycles. The topological polar surface area (TPSA) is 23.5 Å². The van der Waals surface area contributed by atoms with Crippen molar-refractivity contribution in [1.82, 2.24) is 4.90 Å². The first-order valence-electron chi connectivity index (χ1n) is 7.50. The number of allylic oxidation sites excluding steroid dienone is 6. The third-order valence-corrected chi connectivity index (χ3v) is 3.85. The number of nitrogens with zero attached hydrogens (tertiary/aromatic N) is 1. The predicted molar refractivity (Wildman–Crippen MR) is 83.0 cm³/mol. The largest absolute Gasteiger partial charge is 0.390 e. The van der Waals surface area contributed by atoms with Gasteiger partial charge in [0.2, 0.25) is 0 Å². The molecule has 1 saturated heterocycles. The van der Waals surface area contributed by atoms with E-state index in [1.54, 1.807) is 0 Å². The first-order chi connectivity index (χ1) is 8.98. The fourth-order valence-electron chi connectivity index (χ4n) is 2.23. The third kappa shape index (κ3) is 5.65. The molecular formula is C17H29NO. The highest BCUT2D eigenvalue weighted by Gasteiger charge is 2.26. The second-order valence-electron chi connectivity index (χ2n) is 5.70. The molecule has 2 heteroatoms. The third-order valence-electron chi connectivity index (χ3n) is 3.85. The normalized spacial score (nSPS) is 21.2. The van der Waals surface area contributed by atoms with E-state index in [-0.39, 0.29) is 0 Å². The summed E-state index contributed by atoms with van der Waals surface area (Å²) in [4.78, 5) is 2.37.